The Balaban J connectivity index is 1.67. The first-order valence-corrected chi connectivity index (χ1v) is 11.0. The lowest BCUT2D eigenvalue weighted by Crippen LogP contribution is -2.41. The van der Waals surface area contributed by atoms with E-state index in [2.05, 4.69) is 60.9 Å². The van der Waals surface area contributed by atoms with Crippen LogP contribution in [0.3, 0.4) is 0 Å². The highest BCUT2D eigenvalue weighted by Gasteiger charge is 2.38. The van der Waals surface area contributed by atoms with Crippen LogP contribution in [0.4, 0.5) is 0 Å². The molecule has 1 fully saturated rings. The highest BCUT2D eigenvalue weighted by molar-refractivity contribution is 5.81. The monoisotopic (exact) mass is 406 g/mol. The lowest BCUT2D eigenvalue weighted by molar-refractivity contribution is -0.127. The van der Waals surface area contributed by atoms with Crippen LogP contribution in [0.15, 0.2) is 59.6 Å². The van der Waals surface area contributed by atoms with Crippen molar-refractivity contribution in [3.05, 3.63) is 71.3 Å². The number of hydrogen-bond donors (Lipinski definition) is 2. The summed E-state index contributed by atoms with van der Waals surface area (Å²) in [5.41, 5.74) is 3.63. The average Bonchev–Trinajstić information content (AvgIpc) is 3.05. The summed E-state index contributed by atoms with van der Waals surface area (Å²) in [5.74, 6) is 1.23. The number of unbranched alkanes of at least 4 members (excludes halogenated alkanes) is 1. The van der Waals surface area contributed by atoms with Gasteiger partial charge in [0.15, 0.2) is 5.96 Å². The molecule has 1 amide bonds. The van der Waals surface area contributed by atoms with Gasteiger partial charge in [-0.05, 0) is 24.5 Å². The van der Waals surface area contributed by atoms with Gasteiger partial charge in [0.1, 0.15) is 0 Å². The van der Waals surface area contributed by atoms with Crippen LogP contribution in [0.25, 0.3) is 0 Å². The molecule has 1 heterocycles. The molecule has 1 saturated heterocycles. The minimum Gasteiger partial charge on any atom is -0.356 e. The van der Waals surface area contributed by atoms with Crippen LogP contribution in [0.1, 0.15) is 48.9 Å². The molecule has 0 radical (unpaired) electrons. The third-order valence-electron chi connectivity index (χ3n) is 5.73. The maximum Gasteiger partial charge on any atom is 0.223 e. The zero-order valence-electron chi connectivity index (χ0n) is 18.4. The molecule has 0 aromatic heterocycles. The van der Waals surface area contributed by atoms with Crippen LogP contribution in [-0.4, -0.2) is 36.9 Å². The fraction of sp³-hybridized carbons (Fsp3) is 0.440. The van der Waals surface area contributed by atoms with Gasteiger partial charge in [0, 0.05) is 32.5 Å². The van der Waals surface area contributed by atoms with Crippen LogP contribution in [-0.2, 0) is 11.3 Å². The molecule has 0 saturated carbocycles. The summed E-state index contributed by atoms with van der Waals surface area (Å²) in [6.07, 6.45) is 2.79. The second kappa shape index (κ2) is 10.8. The van der Waals surface area contributed by atoms with E-state index in [0.29, 0.717) is 19.5 Å². The number of carbonyl (C=O) groups excluding carboxylic acids is 1. The largest absolute Gasteiger partial charge is 0.356 e. The van der Waals surface area contributed by atoms with E-state index in [-0.39, 0.29) is 17.9 Å². The summed E-state index contributed by atoms with van der Waals surface area (Å²) in [4.78, 5) is 19.1. The molecule has 5 heteroatoms. The Kier molecular flexibility index (Phi) is 7.89. The third-order valence-corrected chi connectivity index (χ3v) is 5.73. The first-order chi connectivity index (χ1) is 14.6. The standard InChI is InChI=1S/C25H34N4O/c1-4-5-15-26-25(27-17-20-13-11-19(2)12-14-20)28-18-22-16-23(30)29(3)24(22)21-9-7-6-8-10-21/h6-14,22,24H,4-5,15-18H2,1-3H3,(H2,26,27,28). The number of hydrogen-bond acceptors (Lipinski definition) is 2. The van der Waals surface area contributed by atoms with Crippen LogP contribution in [0, 0.1) is 12.8 Å². The quantitative estimate of drug-likeness (QED) is 0.395. The van der Waals surface area contributed by atoms with Crippen molar-refractivity contribution in [2.24, 2.45) is 10.9 Å². The van der Waals surface area contributed by atoms with Gasteiger partial charge in [-0.1, -0.05) is 73.5 Å². The predicted octanol–water partition coefficient (Wildman–Crippen LogP) is 4.05. The summed E-state index contributed by atoms with van der Waals surface area (Å²) in [6, 6.07) is 18.9. The Labute approximate surface area is 180 Å². The molecule has 2 atom stereocenters. The van der Waals surface area contributed by atoms with E-state index in [0.717, 1.165) is 25.3 Å². The van der Waals surface area contributed by atoms with Crippen molar-refractivity contribution in [1.82, 2.24) is 15.5 Å². The van der Waals surface area contributed by atoms with E-state index < -0.39 is 0 Å². The third kappa shape index (κ3) is 5.85. The van der Waals surface area contributed by atoms with E-state index in [1.807, 2.05) is 30.1 Å². The van der Waals surface area contributed by atoms with E-state index in [1.54, 1.807) is 0 Å². The molecular formula is C25H34N4O. The van der Waals surface area contributed by atoms with E-state index in [1.165, 1.54) is 16.7 Å². The molecule has 2 aromatic rings. The first kappa shape index (κ1) is 21.9. The highest BCUT2D eigenvalue weighted by atomic mass is 16.2. The molecule has 1 aliphatic rings. The van der Waals surface area contributed by atoms with Gasteiger partial charge in [-0.3, -0.25) is 4.79 Å². The maximum atomic E-state index is 12.4. The van der Waals surface area contributed by atoms with E-state index >= 15 is 0 Å². The van der Waals surface area contributed by atoms with Gasteiger partial charge in [0.2, 0.25) is 5.91 Å². The van der Waals surface area contributed by atoms with Crippen molar-refractivity contribution in [2.45, 2.75) is 45.7 Å². The topological polar surface area (TPSA) is 56.7 Å². The first-order valence-electron chi connectivity index (χ1n) is 11.0. The van der Waals surface area contributed by atoms with Gasteiger partial charge in [-0.25, -0.2) is 4.99 Å². The van der Waals surface area contributed by atoms with Gasteiger partial charge in [0.05, 0.1) is 12.6 Å². The molecule has 0 spiro atoms. The second-order valence-electron chi connectivity index (χ2n) is 8.14. The van der Waals surface area contributed by atoms with Gasteiger partial charge in [-0.2, -0.15) is 0 Å². The Morgan fingerprint density at radius 1 is 1.10 bits per heavy atom. The van der Waals surface area contributed by atoms with E-state index in [4.69, 9.17) is 4.99 Å². The fourth-order valence-corrected chi connectivity index (χ4v) is 3.93. The summed E-state index contributed by atoms with van der Waals surface area (Å²) in [7, 11) is 1.91. The molecule has 0 bridgehead atoms. The van der Waals surface area contributed by atoms with Crippen LogP contribution < -0.4 is 10.6 Å². The Morgan fingerprint density at radius 2 is 1.83 bits per heavy atom. The van der Waals surface area contributed by atoms with Crippen LogP contribution in [0.5, 0.6) is 0 Å². The van der Waals surface area contributed by atoms with Crippen molar-refractivity contribution in [3.8, 4) is 0 Å². The molecule has 5 nitrogen and oxygen atoms in total. The summed E-state index contributed by atoms with van der Waals surface area (Å²) in [6.45, 7) is 6.51. The van der Waals surface area contributed by atoms with Crippen LogP contribution in [0.2, 0.25) is 0 Å². The minimum atomic E-state index is 0.0974. The van der Waals surface area contributed by atoms with Gasteiger partial charge >= 0.3 is 0 Å². The number of guanidine groups is 1. The predicted molar refractivity (Wildman–Crippen MR) is 123 cm³/mol. The lowest BCUT2D eigenvalue weighted by Gasteiger charge is -2.26. The van der Waals surface area contributed by atoms with Gasteiger partial charge < -0.3 is 15.5 Å². The SMILES string of the molecule is CCCCNC(=NCc1ccc(C)cc1)NCC1CC(=O)N(C)C1c1ccccc1. The lowest BCUT2D eigenvalue weighted by atomic mass is 9.94. The molecule has 160 valence electrons. The number of aryl methyl sites for hydroxylation is 1. The molecular weight excluding hydrogens is 372 g/mol. The van der Waals surface area contributed by atoms with Crippen molar-refractivity contribution < 1.29 is 4.79 Å². The normalized spacial score (nSPS) is 19.2. The van der Waals surface area contributed by atoms with Gasteiger partial charge in [0.25, 0.3) is 0 Å². The second-order valence-corrected chi connectivity index (χ2v) is 8.14. The number of aliphatic imine (C=N–C) groups is 1. The molecule has 2 aromatic carbocycles. The van der Waals surface area contributed by atoms with E-state index in [9.17, 15) is 4.79 Å². The van der Waals surface area contributed by atoms with Crippen LogP contribution >= 0.6 is 0 Å². The van der Waals surface area contributed by atoms with Gasteiger partial charge in [-0.15, -0.1) is 0 Å². The molecule has 0 aliphatic carbocycles. The number of nitrogens with zero attached hydrogens (tertiary/aromatic N) is 2. The van der Waals surface area contributed by atoms with Crippen molar-refractivity contribution in [1.29, 1.82) is 0 Å². The highest BCUT2D eigenvalue weighted by Crippen LogP contribution is 2.36. The summed E-state index contributed by atoms with van der Waals surface area (Å²) in [5, 5.41) is 6.95. The van der Waals surface area contributed by atoms with Crippen molar-refractivity contribution >= 4 is 11.9 Å². The number of rotatable bonds is 8. The van der Waals surface area contributed by atoms with Crippen molar-refractivity contribution in [3.63, 3.8) is 0 Å². The summed E-state index contributed by atoms with van der Waals surface area (Å²) < 4.78 is 0. The minimum absolute atomic E-state index is 0.0974. The smallest absolute Gasteiger partial charge is 0.223 e. The fourth-order valence-electron chi connectivity index (χ4n) is 3.93. The number of amides is 1. The Morgan fingerprint density at radius 3 is 2.53 bits per heavy atom. The molecule has 2 unspecified atom stereocenters. The number of carbonyl (C=O) groups is 1. The number of benzene rings is 2. The molecule has 2 N–H and O–H groups in total. The average molecular weight is 407 g/mol. The zero-order chi connectivity index (χ0) is 21.3. The summed E-state index contributed by atoms with van der Waals surface area (Å²) >= 11 is 0. The Bertz CT molecular complexity index is 832. The van der Waals surface area contributed by atoms with Crippen molar-refractivity contribution in [2.75, 3.05) is 20.1 Å². The zero-order valence-corrected chi connectivity index (χ0v) is 18.4. The molecule has 30 heavy (non-hydrogen) atoms. The maximum absolute atomic E-state index is 12.4. The number of nitrogens with one attached hydrogen (secondary N) is 2. The molecule has 3 rings (SSSR count). The molecule has 1 aliphatic heterocycles. The Hall–Kier alpha value is -2.82. The number of likely N-dealkylation sites (tertiary alicyclic amines) is 1.